The predicted octanol–water partition coefficient (Wildman–Crippen LogP) is 12.7. The van der Waals surface area contributed by atoms with Crippen LogP contribution in [0.1, 0.15) is 45.9 Å². The maximum absolute atomic E-state index is 12.9. The highest BCUT2D eigenvalue weighted by Gasteiger charge is 2.15. The van der Waals surface area contributed by atoms with Gasteiger partial charge in [0.2, 0.25) is 0 Å². The van der Waals surface area contributed by atoms with Crippen LogP contribution in [0.25, 0.3) is 11.6 Å². The Hall–Kier alpha value is -7.58. The van der Waals surface area contributed by atoms with Crippen LogP contribution in [0.4, 0.5) is 17.1 Å². The van der Waals surface area contributed by atoms with Crippen molar-refractivity contribution in [3.8, 4) is 34.5 Å². The highest BCUT2D eigenvalue weighted by atomic mass is 16.6. The van der Waals surface area contributed by atoms with E-state index >= 15 is 0 Å². The number of nitrogens with zero attached hydrogens (tertiary/aromatic N) is 1. The third-order valence-electron chi connectivity index (χ3n) is 9.97. The number of carbonyl (C=O) groups is 2. The van der Waals surface area contributed by atoms with Crippen molar-refractivity contribution in [3.05, 3.63) is 197 Å². The molecule has 0 radical (unpaired) electrons. The maximum Gasteiger partial charge on any atom is 0.349 e. The van der Waals surface area contributed by atoms with Gasteiger partial charge in [-0.3, -0.25) is 4.79 Å². The molecule has 0 amide bonds. The summed E-state index contributed by atoms with van der Waals surface area (Å²) in [6, 6.07) is 51.6. The Kier molecular flexibility index (Phi) is 12.9. The van der Waals surface area contributed by atoms with Crippen LogP contribution < -0.4 is 28.6 Å². The number of benzene rings is 7. The normalized spacial score (nSPS) is 11.1. The summed E-state index contributed by atoms with van der Waals surface area (Å²) in [4.78, 5) is 26.5. The summed E-state index contributed by atoms with van der Waals surface area (Å²) in [6.45, 7) is 8.98. The lowest BCUT2D eigenvalue weighted by molar-refractivity contribution is -0.136. The molecule has 8 heteroatoms. The van der Waals surface area contributed by atoms with Crippen molar-refractivity contribution in [2.45, 2.75) is 34.6 Å². The van der Waals surface area contributed by atoms with Crippen LogP contribution >= 0.6 is 0 Å². The van der Waals surface area contributed by atoms with Crippen LogP contribution in [-0.2, 0) is 9.59 Å². The van der Waals surface area contributed by atoms with Crippen LogP contribution in [0, 0.1) is 27.7 Å². The van der Waals surface area contributed by atoms with Crippen LogP contribution in [-0.4, -0.2) is 25.7 Å². The van der Waals surface area contributed by atoms with E-state index in [2.05, 4.69) is 97.6 Å². The fourth-order valence-electron chi connectivity index (χ4n) is 6.76. The Morgan fingerprint density at radius 1 is 0.525 bits per heavy atom. The molecule has 0 saturated heterocycles. The second-order valence-corrected chi connectivity index (χ2v) is 14.7. The van der Waals surface area contributed by atoms with Crippen LogP contribution in [0.5, 0.6) is 34.5 Å². The third-order valence-corrected chi connectivity index (χ3v) is 9.97. The fraction of sp³-hybridized carbons (Fsp3) is 0.132. The van der Waals surface area contributed by atoms with E-state index in [-0.39, 0.29) is 12.6 Å². The molecule has 0 heterocycles. The minimum absolute atomic E-state index is 0.280. The molecule has 7 rings (SSSR count). The lowest BCUT2D eigenvalue weighted by atomic mass is 9.95. The Balaban J connectivity index is 1.04. The van der Waals surface area contributed by atoms with E-state index in [1.807, 2.05) is 56.3 Å². The average molecular weight is 810 g/mol. The Labute approximate surface area is 357 Å². The minimum Gasteiger partial charge on any atom is -0.497 e. The van der Waals surface area contributed by atoms with Gasteiger partial charge in [-0.2, -0.15) is 0 Å². The number of anilines is 3. The number of ether oxygens (including phenoxy) is 5. The molecule has 0 aromatic heterocycles. The van der Waals surface area contributed by atoms with Crippen molar-refractivity contribution >= 4 is 40.6 Å². The molecule has 0 unspecified atom stereocenters. The standard InChI is InChI=1S/C53H47NO7/c1-35-7-17-43(18-8-35)54(44-19-9-36(2)10-20-44)45-21-11-40(12-22-45)33-50(41-13-23-46(57-6)24-14-41)42-15-25-47(26-16-42)61-53(56)34-58-51-29-27-48(31-37(51)3)60-49-28-30-52(38(4)32-49)59-39(5)55/h7-33H,34H2,1-6H3/b50-33+. The second kappa shape index (κ2) is 19.0. The van der Waals surface area contributed by atoms with Crippen molar-refractivity contribution in [1.29, 1.82) is 0 Å². The van der Waals surface area contributed by atoms with Crippen LogP contribution in [0.3, 0.4) is 0 Å². The molecule has 0 N–H and O–H groups in total. The fourth-order valence-corrected chi connectivity index (χ4v) is 6.76. The quantitative estimate of drug-likeness (QED) is 0.0610. The summed E-state index contributed by atoms with van der Waals surface area (Å²) in [7, 11) is 1.65. The van der Waals surface area contributed by atoms with Gasteiger partial charge in [0.1, 0.15) is 34.5 Å². The first-order valence-corrected chi connectivity index (χ1v) is 19.9. The number of methoxy groups -OCH3 is 1. The molecule has 0 saturated carbocycles. The van der Waals surface area contributed by atoms with Crippen molar-refractivity contribution in [2.24, 2.45) is 0 Å². The molecule has 0 bridgehead atoms. The molecule has 0 aliphatic rings. The van der Waals surface area contributed by atoms with E-state index < -0.39 is 5.97 Å². The first-order chi connectivity index (χ1) is 29.5. The zero-order valence-electron chi connectivity index (χ0n) is 35.1. The number of hydrogen-bond donors (Lipinski definition) is 0. The second-order valence-electron chi connectivity index (χ2n) is 14.7. The highest BCUT2D eigenvalue weighted by molar-refractivity contribution is 5.92. The van der Waals surface area contributed by atoms with Crippen molar-refractivity contribution < 1.29 is 33.3 Å². The van der Waals surface area contributed by atoms with Gasteiger partial charge in [0, 0.05) is 24.0 Å². The topological polar surface area (TPSA) is 83.5 Å². The van der Waals surface area contributed by atoms with E-state index in [1.165, 1.54) is 18.1 Å². The first kappa shape index (κ1) is 41.6. The molecule has 0 fully saturated rings. The highest BCUT2D eigenvalue weighted by Crippen LogP contribution is 2.36. The van der Waals surface area contributed by atoms with Gasteiger partial charge in [-0.1, -0.05) is 71.8 Å². The maximum atomic E-state index is 12.9. The molecule has 0 aliphatic heterocycles. The predicted molar refractivity (Wildman–Crippen MR) is 242 cm³/mol. The number of aryl methyl sites for hydroxylation is 4. The molecule has 0 aliphatic carbocycles. The van der Waals surface area contributed by atoms with E-state index in [0.29, 0.717) is 28.7 Å². The molecular weight excluding hydrogens is 763 g/mol. The van der Waals surface area contributed by atoms with Gasteiger partial charge in [0.15, 0.2) is 6.61 Å². The zero-order chi connectivity index (χ0) is 42.9. The summed E-state index contributed by atoms with van der Waals surface area (Å²) in [6.07, 6.45) is 2.16. The summed E-state index contributed by atoms with van der Waals surface area (Å²) >= 11 is 0. The summed E-state index contributed by atoms with van der Waals surface area (Å²) < 4.78 is 28.2. The SMILES string of the molecule is COc1ccc(/C(=C\c2ccc(N(c3ccc(C)cc3)c3ccc(C)cc3)cc2)c2ccc(OC(=O)COc3ccc(Oc4ccc(OC(C)=O)c(C)c4)cc3C)cc2)cc1. The molecule has 7 aromatic carbocycles. The minimum atomic E-state index is -0.535. The Bertz CT molecular complexity index is 2600. The molecule has 7 aromatic rings. The van der Waals surface area contributed by atoms with E-state index in [1.54, 1.807) is 49.6 Å². The van der Waals surface area contributed by atoms with Gasteiger partial charge in [0.25, 0.3) is 0 Å². The Morgan fingerprint density at radius 2 is 0.984 bits per heavy atom. The molecule has 8 nitrogen and oxygen atoms in total. The first-order valence-electron chi connectivity index (χ1n) is 19.9. The zero-order valence-corrected chi connectivity index (χ0v) is 35.1. The smallest absolute Gasteiger partial charge is 0.349 e. The summed E-state index contributed by atoms with van der Waals surface area (Å²) in [5.74, 6) is 2.45. The third kappa shape index (κ3) is 10.7. The lowest BCUT2D eigenvalue weighted by Crippen LogP contribution is -2.18. The van der Waals surface area contributed by atoms with Crippen molar-refractivity contribution in [1.82, 2.24) is 0 Å². The number of rotatable bonds is 14. The van der Waals surface area contributed by atoms with Gasteiger partial charge in [-0.15, -0.1) is 0 Å². The largest absolute Gasteiger partial charge is 0.497 e. The molecular formula is C53H47NO7. The van der Waals surface area contributed by atoms with Gasteiger partial charge in [-0.05, 0) is 164 Å². The van der Waals surface area contributed by atoms with Gasteiger partial charge < -0.3 is 28.6 Å². The van der Waals surface area contributed by atoms with Gasteiger partial charge >= 0.3 is 11.9 Å². The molecule has 0 atom stereocenters. The number of esters is 2. The van der Waals surface area contributed by atoms with E-state index in [4.69, 9.17) is 23.7 Å². The van der Waals surface area contributed by atoms with Crippen molar-refractivity contribution in [2.75, 3.05) is 18.6 Å². The monoisotopic (exact) mass is 809 g/mol. The van der Waals surface area contributed by atoms with Crippen LogP contribution in [0.2, 0.25) is 0 Å². The van der Waals surface area contributed by atoms with Crippen molar-refractivity contribution in [3.63, 3.8) is 0 Å². The molecule has 0 spiro atoms. The summed E-state index contributed by atoms with van der Waals surface area (Å²) in [5.41, 5.74) is 11.1. The van der Waals surface area contributed by atoms with E-state index in [0.717, 1.165) is 56.2 Å². The van der Waals surface area contributed by atoms with E-state index in [9.17, 15) is 9.59 Å². The number of carbonyl (C=O) groups excluding carboxylic acids is 2. The number of hydrogen-bond acceptors (Lipinski definition) is 8. The molecule has 61 heavy (non-hydrogen) atoms. The Morgan fingerprint density at radius 3 is 1.46 bits per heavy atom. The van der Waals surface area contributed by atoms with Gasteiger partial charge in [-0.25, -0.2) is 4.79 Å². The van der Waals surface area contributed by atoms with Crippen LogP contribution in [0.15, 0.2) is 158 Å². The van der Waals surface area contributed by atoms with Gasteiger partial charge in [0.05, 0.1) is 7.11 Å². The average Bonchev–Trinajstić information content (AvgIpc) is 3.26. The summed E-state index contributed by atoms with van der Waals surface area (Å²) in [5, 5.41) is 0. The lowest BCUT2D eigenvalue weighted by Gasteiger charge is -2.26. The molecule has 306 valence electrons.